The van der Waals surface area contributed by atoms with Crippen LogP contribution >= 0.6 is 23.8 Å². The second-order valence-corrected chi connectivity index (χ2v) is 5.58. The number of H-pyrrole nitrogens is 1. The molecule has 21 heavy (non-hydrogen) atoms. The van der Waals surface area contributed by atoms with Crippen molar-refractivity contribution in [3.05, 3.63) is 70.0 Å². The number of nitrogens with zero attached hydrogens (tertiary/aromatic N) is 2. The molecule has 0 aliphatic heterocycles. The summed E-state index contributed by atoms with van der Waals surface area (Å²) in [5.74, 6) is 0.813. The highest BCUT2D eigenvalue weighted by atomic mass is 35.5. The predicted molar refractivity (Wildman–Crippen MR) is 88.1 cm³/mol. The molecule has 0 radical (unpaired) electrons. The molecule has 1 unspecified atom stereocenters. The molecule has 1 N–H and O–H groups in total. The first-order chi connectivity index (χ1) is 10.2. The first-order valence-corrected chi connectivity index (χ1v) is 7.44. The Morgan fingerprint density at radius 3 is 2.48 bits per heavy atom. The highest BCUT2D eigenvalue weighted by Crippen LogP contribution is 2.29. The first kappa shape index (κ1) is 14.0. The van der Waals surface area contributed by atoms with Crippen LogP contribution < -0.4 is 0 Å². The fourth-order valence-corrected chi connectivity index (χ4v) is 2.99. The van der Waals surface area contributed by atoms with E-state index in [0.29, 0.717) is 4.77 Å². The minimum absolute atomic E-state index is 0.000145. The Kier molecular flexibility index (Phi) is 3.90. The Bertz CT molecular complexity index is 808. The first-order valence-electron chi connectivity index (χ1n) is 6.65. The molecule has 5 heteroatoms. The van der Waals surface area contributed by atoms with E-state index < -0.39 is 0 Å². The van der Waals surface area contributed by atoms with Crippen LogP contribution in [0.3, 0.4) is 0 Å². The maximum absolute atomic E-state index is 6.31. The number of nitrogens with one attached hydrogen (secondary N) is 1. The highest BCUT2D eigenvalue weighted by Gasteiger charge is 2.17. The van der Waals surface area contributed by atoms with Crippen molar-refractivity contribution in [1.29, 1.82) is 0 Å². The maximum Gasteiger partial charge on any atom is 0.196 e. The Morgan fingerprint density at radius 1 is 1.10 bits per heavy atom. The Morgan fingerprint density at radius 2 is 1.76 bits per heavy atom. The molecule has 2 aromatic carbocycles. The fraction of sp³-hybridized carbons (Fsp3) is 0.125. The Hall–Kier alpha value is -1.91. The molecule has 1 aromatic heterocycles. The van der Waals surface area contributed by atoms with Gasteiger partial charge in [0.15, 0.2) is 10.6 Å². The second kappa shape index (κ2) is 5.84. The second-order valence-electron chi connectivity index (χ2n) is 4.79. The van der Waals surface area contributed by atoms with Crippen LogP contribution in [0.25, 0.3) is 11.4 Å². The summed E-state index contributed by atoms with van der Waals surface area (Å²) in [6, 6.07) is 17.8. The van der Waals surface area contributed by atoms with E-state index in [1.807, 2.05) is 59.2 Å². The lowest BCUT2D eigenvalue weighted by molar-refractivity contribution is 0.635. The number of hydrogen-bond donors (Lipinski definition) is 1. The minimum Gasteiger partial charge on any atom is -0.293 e. The smallest absolute Gasteiger partial charge is 0.196 e. The van der Waals surface area contributed by atoms with Crippen LogP contribution in [0.4, 0.5) is 0 Å². The third-order valence-electron chi connectivity index (χ3n) is 3.48. The van der Waals surface area contributed by atoms with E-state index in [-0.39, 0.29) is 6.04 Å². The van der Waals surface area contributed by atoms with E-state index in [4.69, 9.17) is 23.8 Å². The molecule has 0 amide bonds. The summed E-state index contributed by atoms with van der Waals surface area (Å²) < 4.78 is 2.58. The van der Waals surface area contributed by atoms with E-state index in [2.05, 4.69) is 17.1 Å². The third-order valence-corrected chi connectivity index (χ3v) is 4.11. The van der Waals surface area contributed by atoms with Crippen LogP contribution in [0.1, 0.15) is 18.5 Å². The van der Waals surface area contributed by atoms with Gasteiger partial charge in [0, 0.05) is 10.6 Å². The number of aromatic amines is 1. The number of hydrogen-bond acceptors (Lipinski definition) is 2. The number of halogens is 1. The molecular formula is C16H14ClN3S. The van der Waals surface area contributed by atoms with Crippen molar-refractivity contribution in [3.63, 3.8) is 0 Å². The third kappa shape index (κ3) is 2.64. The normalized spacial score (nSPS) is 12.3. The Balaban J connectivity index is 2.14. The SMILES string of the molecule is CC(c1ccccc1Cl)n1c(-c2ccccc2)n[nH]c1=S. The van der Waals surface area contributed by atoms with Crippen molar-refractivity contribution in [2.24, 2.45) is 0 Å². The van der Waals surface area contributed by atoms with Crippen molar-refractivity contribution in [1.82, 2.24) is 14.8 Å². The number of aromatic nitrogens is 3. The highest BCUT2D eigenvalue weighted by molar-refractivity contribution is 7.71. The average molecular weight is 316 g/mol. The standard InChI is InChI=1S/C16H14ClN3S/c1-11(13-9-5-6-10-14(13)17)20-15(18-19-16(20)21)12-7-3-2-4-8-12/h2-11H,1H3,(H,19,21). The maximum atomic E-state index is 6.31. The van der Waals surface area contributed by atoms with Crippen molar-refractivity contribution in [3.8, 4) is 11.4 Å². The van der Waals surface area contributed by atoms with Gasteiger partial charge < -0.3 is 0 Å². The van der Waals surface area contributed by atoms with Crippen molar-refractivity contribution in [2.75, 3.05) is 0 Å². The summed E-state index contributed by atoms with van der Waals surface area (Å²) in [5, 5.41) is 7.97. The zero-order valence-electron chi connectivity index (χ0n) is 11.5. The van der Waals surface area contributed by atoms with Crippen LogP contribution in [-0.2, 0) is 0 Å². The van der Waals surface area contributed by atoms with Gasteiger partial charge in [0.2, 0.25) is 0 Å². The van der Waals surface area contributed by atoms with Crippen molar-refractivity contribution >= 4 is 23.8 Å². The molecule has 3 rings (SSSR count). The lowest BCUT2D eigenvalue weighted by Gasteiger charge is -2.17. The summed E-state index contributed by atoms with van der Waals surface area (Å²) in [6.07, 6.45) is 0. The molecule has 0 spiro atoms. The topological polar surface area (TPSA) is 33.6 Å². The van der Waals surface area contributed by atoms with Gasteiger partial charge in [-0.3, -0.25) is 9.67 Å². The van der Waals surface area contributed by atoms with Gasteiger partial charge in [-0.1, -0.05) is 60.1 Å². The van der Waals surface area contributed by atoms with Crippen LogP contribution in [0.15, 0.2) is 54.6 Å². The van der Waals surface area contributed by atoms with Gasteiger partial charge in [-0.05, 0) is 30.8 Å². The molecule has 0 aliphatic carbocycles. The lowest BCUT2D eigenvalue weighted by atomic mass is 10.1. The number of rotatable bonds is 3. The molecule has 106 valence electrons. The molecule has 0 fully saturated rings. The zero-order chi connectivity index (χ0) is 14.8. The van der Waals surface area contributed by atoms with Crippen molar-refractivity contribution in [2.45, 2.75) is 13.0 Å². The molecule has 0 bridgehead atoms. The van der Waals surface area contributed by atoms with E-state index in [9.17, 15) is 0 Å². The average Bonchev–Trinajstić information content (AvgIpc) is 2.90. The molecule has 3 aromatic rings. The summed E-state index contributed by atoms with van der Waals surface area (Å²) in [7, 11) is 0. The van der Waals surface area contributed by atoms with Gasteiger partial charge in [0.25, 0.3) is 0 Å². The van der Waals surface area contributed by atoms with Crippen molar-refractivity contribution < 1.29 is 0 Å². The molecular weight excluding hydrogens is 302 g/mol. The van der Waals surface area contributed by atoms with Crippen LogP contribution in [0.5, 0.6) is 0 Å². The van der Waals surface area contributed by atoms with E-state index in [1.54, 1.807) is 0 Å². The van der Waals surface area contributed by atoms with Crippen LogP contribution in [-0.4, -0.2) is 14.8 Å². The molecule has 1 heterocycles. The zero-order valence-corrected chi connectivity index (χ0v) is 13.0. The summed E-state index contributed by atoms with van der Waals surface area (Å²) in [4.78, 5) is 0. The molecule has 0 saturated heterocycles. The van der Waals surface area contributed by atoms with Gasteiger partial charge in [-0.15, -0.1) is 0 Å². The van der Waals surface area contributed by atoms with E-state index in [0.717, 1.165) is 22.0 Å². The van der Waals surface area contributed by atoms with Gasteiger partial charge in [0.1, 0.15) is 0 Å². The van der Waals surface area contributed by atoms with Crippen LogP contribution in [0.2, 0.25) is 5.02 Å². The van der Waals surface area contributed by atoms with Gasteiger partial charge in [0.05, 0.1) is 6.04 Å². The summed E-state index contributed by atoms with van der Waals surface area (Å²) in [6.45, 7) is 2.07. The van der Waals surface area contributed by atoms with Gasteiger partial charge in [-0.25, -0.2) is 0 Å². The molecule has 1 atom stereocenters. The van der Waals surface area contributed by atoms with Crippen LogP contribution in [0, 0.1) is 4.77 Å². The van der Waals surface area contributed by atoms with Gasteiger partial charge >= 0.3 is 0 Å². The minimum atomic E-state index is 0.000145. The Labute approximate surface area is 133 Å². The summed E-state index contributed by atoms with van der Waals surface area (Å²) in [5.41, 5.74) is 2.04. The fourth-order valence-electron chi connectivity index (χ4n) is 2.41. The number of benzene rings is 2. The van der Waals surface area contributed by atoms with Gasteiger partial charge in [-0.2, -0.15) is 5.10 Å². The quantitative estimate of drug-likeness (QED) is 0.699. The predicted octanol–water partition coefficient (Wildman–Crippen LogP) is 4.87. The van der Waals surface area contributed by atoms with E-state index in [1.165, 1.54) is 0 Å². The lowest BCUT2D eigenvalue weighted by Crippen LogP contribution is -2.09. The molecule has 0 saturated carbocycles. The monoisotopic (exact) mass is 315 g/mol. The molecule has 3 nitrogen and oxygen atoms in total. The largest absolute Gasteiger partial charge is 0.293 e. The summed E-state index contributed by atoms with van der Waals surface area (Å²) >= 11 is 11.7. The molecule has 0 aliphatic rings. The van der Waals surface area contributed by atoms with E-state index >= 15 is 0 Å².